The second kappa shape index (κ2) is 6.84. The van der Waals surface area contributed by atoms with Crippen LogP contribution in [0.3, 0.4) is 0 Å². The number of benzene rings is 2. The van der Waals surface area contributed by atoms with Crippen LogP contribution in [0.15, 0.2) is 48.5 Å². The van der Waals surface area contributed by atoms with Crippen LogP contribution < -0.4 is 4.74 Å². The molecule has 1 heterocycles. The SMILES string of the molecule is CC(=O)c1ccccc1OCC(O)Cn1c(C)nc2ccccc21. The lowest BCUT2D eigenvalue weighted by Gasteiger charge is -2.16. The molecule has 5 heteroatoms. The number of rotatable bonds is 6. The molecule has 1 unspecified atom stereocenters. The summed E-state index contributed by atoms with van der Waals surface area (Å²) in [5, 5.41) is 10.3. The van der Waals surface area contributed by atoms with Gasteiger partial charge in [-0.1, -0.05) is 24.3 Å². The summed E-state index contributed by atoms with van der Waals surface area (Å²) in [6.45, 7) is 3.91. The summed E-state index contributed by atoms with van der Waals surface area (Å²) in [5.41, 5.74) is 2.41. The number of carbonyl (C=O) groups is 1. The van der Waals surface area contributed by atoms with E-state index in [0.29, 0.717) is 17.9 Å². The number of Topliss-reactive ketones (excluding diaryl/α,β-unsaturated/α-hetero) is 1. The van der Waals surface area contributed by atoms with E-state index in [4.69, 9.17) is 4.74 Å². The molecule has 124 valence electrons. The first-order valence-electron chi connectivity index (χ1n) is 7.89. The summed E-state index contributed by atoms with van der Waals surface area (Å²) in [6.07, 6.45) is -0.707. The molecule has 1 N–H and O–H groups in total. The lowest BCUT2D eigenvalue weighted by atomic mass is 10.1. The molecule has 0 aliphatic heterocycles. The van der Waals surface area contributed by atoms with E-state index in [1.807, 2.05) is 41.8 Å². The van der Waals surface area contributed by atoms with Gasteiger partial charge in [-0.05, 0) is 38.1 Å². The maximum absolute atomic E-state index is 11.6. The van der Waals surface area contributed by atoms with Crippen molar-refractivity contribution < 1.29 is 14.6 Å². The summed E-state index contributed by atoms with van der Waals surface area (Å²) >= 11 is 0. The molecule has 3 aromatic rings. The van der Waals surface area contributed by atoms with Gasteiger partial charge in [-0.2, -0.15) is 0 Å². The Morgan fingerprint density at radius 1 is 1.21 bits per heavy atom. The second-order valence-corrected chi connectivity index (χ2v) is 5.78. The first-order valence-corrected chi connectivity index (χ1v) is 7.89. The summed E-state index contributed by atoms with van der Waals surface area (Å²) < 4.78 is 7.63. The molecular weight excluding hydrogens is 304 g/mol. The highest BCUT2D eigenvalue weighted by Gasteiger charge is 2.14. The summed E-state index contributed by atoms with van der Waals surface area (Å²) in [5.74, 6) is 1.28. The molecule has 0 aliphatic rings. The number of carbonyl (C=O) groups excluding carboxylic acids is 1. The van der Waals surface area contributed by atoms with Gasteiger partial charge in [0.05, 0.1) is 23.1 Å². The van der Waals surface area contributed by atoms with Crippen LogP contribution in [0.1, 0.15) is 23.1 Å². The summed E-state index contributed by atoms with van der Waals surface area (Å²) in [7, 11) is 0. The third kappa shape index (κ3) is 3.31. The number of fused-ring (bicyclic) bond motifs is 1. The highest BCUT2D eigenvalue weighted by Crippen LogP contribution is 2.19. The minimum absolute atomic E-state index is 0.0588. The van der Waals surface area contributed by atoms with E-state index in [-0.39, 0.29) is 12.4 Å². The normalized spacial score (nSPS) is 12.3. The minimum Gasteiger partial charge on any atom is -0.490 e. The van der Waals surface area contributed by atoms with Crippen molar-refractivity contribution in [1.29, 1.82) is 0 Å². The molecule has 0 saturated heterocycles. The molecule has 0 spiro atoms. The number of aromatic nitrogens is 2. The van der Waals surface area contributed by atoms with Crippen molar-refractivity contribution >= 4 is 16.8 Å². The van der Waals surface area contributed by atoms with Crippen LogP contribution in [0.25, 0.3) is 11.0 Å². The average molecular weight is 324 g/mol. The fourth-order valence-corrected chi connectivity index (χ4v) is 2.76. The lowest BCUT2D eigenvalue weighted by Crippen LogP contribution is -2.24. The zero-order chi connectivity index (χ0) is 17.1. The predicted octanol–water partition coefficient (Wildman–Crippen LogP) is 2.99. The number of ketones is 1. The Labute approximate surface area is 140 Å². The van der Waals surface area contributed by atoms with E-state index in [1.54, 1.807) is 18.2 Å². The fourth-order valence-electron chi connectivity index (χ4n) is 2.76. The maximum atomic E-state index is 11.6. The molecule has 5 nitrogen and oxygen atoms in total. The van der Waals surface area contributed by atoms with Crippen LogP contribution in [0.2, 0.25) is 0 Å². The molecule has 0 saturated carbocycles. The van der Waals surface area contributed by atoms with Gasteiger partial charge in [-0.15, -0.1) is 0 Å². The van der Waals surface area contributed by atoms with E-state index in [2.05, 4.69) is 4.98 Å². The van der Waals surface area contributed by atoms with Crippen molar-refractivity contribution in [3.8, 4) is 5.75 Å². The Morgan fingerprint density at radius 2 is 1.92 bits per heavy atom. The molecular formula is C19H20N2O3. The van der Waals surface area contributed by atoms with Crippen LogP contribution >= 0.6 is 0 Å². The molecule has 0 fully saturated rings. The predicted molar refractivity (Wildman–Crippen MR) is 92.4 cm³/mol. The Bertz CT molecular complexity index is 870. The minimum atomic E-state index is -0.707. The number of para-hydroxylation sites is 3. The second-order valence-electron chi connectivity index (χ2n) is 5.78. The van der Waals surface area contributed by atoms with E-state index in [0.717, 1.165) is 16.9 Å². The molecule has 0 radical (unpaired) electrons. The van der Waals surface area contributed by atoms with Gasteiger partial charge in [0.1, 0.15) is 24.3 Å². The van der Waals surface area contributed by atoms with E-state index >= 15 is 0 Å². The number of aliphatic hydroxyl groups is 1. The smallest absolute Gasteiger partial charge is 0.163 e. The Balaban J connectivity index is 1.71. The topological polar surface area (TPSA) is 64.3 Å². The number of aryl methyl sites for hydroxylation is 1. The summed E-state index contributed by atoms with van der Waals surface area (Å²) in [6, 6.07) is 14.9. The van der Waals surface area contributed by atoms with Gasteiger partial charge >= 0.3 is 0 Å². The van der Waals surface area contributed by atoms with Crippen LogP contribution in [0, 0.1) is 6.92 Å². The molecule has 24 heavy (non-hydrogen) atoms. The zero-order valence-corrected chi connectivity index (χ0v) is 13.8. The summed E-state index contributed by atoms with van der Waals surface area (Å²) in [4.78, 5) is 16.1. The molecule has 0 aliphatic carbocycles. The standard InChI is InChI=1S/C19H20N2O3/c1-13(22)16-7-3-6-10-19(16)24-12-15(23)11-21-14(2)20-17-8-4-5-9-18(17)21/h3-10,15,23H,11-12H2,1-2H3. The van der Waals surface area contributed by atoms with Crippen molar-refractivity contribution in [3.63, 3.8) is 0 Å². The van der Waals surface area contributed by atoms with Crippen LogP contribution in [-0.4, -0.2) is 33.2 Å². The number of hydrogen-bond donors (Lipinski definition) is 1. The molecule has 1 aromatic heterocycles. The number of imidazole rings is 1. The first kappa shape index (κ1) is 16.2. The van der Waals surface area contributed by atoms with Crippen molar-refractivity contribution in [1.82, 2.24) is 9.55 Å². The molecule has 3 rings (SSSR count). The van der Waals surface area contributed by atoms with Crippen LogP contribution in [0.5, 0.6) is 5.75 Å². The quantitative estimate of drug-likeness (QED) is 0.708. The van der Waals surface area contributed by atoms with Crippen LogP contribution in [-0.2, 0) is 6.54 Å². The van der Waals surface area contributed by atoms with E-state index < -0.39 is 6.10 Å². The number of nitrogens with zero attached hydrogens (tertiary/aromatic N) is 2. The van der Waals surface area contributed by atoms with Crippen LogP contribution in [0.4, 0.5) is 0 Å². The largest absolute Gasteiger partial charge is 0.490 e. The van der Waals surface area contributed by atoms with Gasteiger partial charge in [0.15, 0.2) is 5.78 Å². The Morgan fingerprint density at radius 3 is 2.71 bits per heavy atom. The number of aliphatic hydroxyl groups excluding tert-OH is 1. The Hall–Kier alpha value is -2.66. The highest BCUT2D eigenvalue weighted by atomic mass is 16.5. The van der Waals surface area contributed by atoms with Crippen molar-refractivity contribution in [2.75, 3.05) is 6.61 Å². The molecule has 0 bridgehead atoms. The first-order chi connectivity index (χ1) is 11.6. The fraction of sp³-hybridized carbons (Fsp3) is 0.263. The number of ether oxygens (including phenoxy) is 1. The van der Waals surface area contributed by atoms with Gasteiger partial charge < -0.3 is 14.4 Å². The van der Waals surface area contributed by atoms with Gasteiger partial charge in [0.25, 0.3) is 0 Å². The van der Waals surface area contributed by atoms with Gasteiger partial charge in [-0.3, -0.25) is 4.79 Å². The zero-order valence-electron chi connectivity index (χ0n) is 13.8. The lowest BCUT2D eigenvalue weighted by molar-refractivity contribution is 0.0900. The third-order valence-corrected chi connectivity index (χ3v) is 3.94. The van der Waals surface area contributed by atoms with Gasteiger partial charge in [-0.25, -0.2) is 4.98 Å². The Kier molecular flexibility index (Phi) is 4.62. The monoisotopic (exact) mass is 324 g/mol. The van der Waals surface area contributed by atoms with Crippen molar-refractivity contribution in [2.45, 2.75) is 26.5 Å². The van der Waals surface area contributed by atoms with Gasteiger partial charge in [0.2, 0.25) is 0 Å². The van der Waals surface area contributed by atoms with Gasteiger partial charge in [0, 0.05) is 0 Å². The highest BCUT2D eigenvalue weighted by molar-refractivity contribution is 5.96. The third-order valence-electron chi connectivity index (χ3n) is 3.94. The number of hydrogen-bond acceptors (Lipinski definition) is 4. The van der Waals surface area contributed by atoms with Crippen molar-refractivity contribution in [3.05, 3.63) is 59.9 Å². The molecule has 1 atom stereocenters. The average Bonchev–Trinajstić information content (AvgIpc) is 2.89. The van der Waals surface area contributed by atoms with Crippen molar-refractivity contribution in [2.24, 2.45) is 0 Å². The van der Waals surface area contributed by atoms with E-state index in [1.165, 1.54) is 6.92 Å². The molecule has 0 amide bonds. The van der Waals surface area contributed by atoms with E-state index in [9.17, 15) is 9.90 Å². The molecule has 2 aromatic carbocycles. The maximum Gasteiger partial charge on any atom is 0.163 e.